The summed E-state index contributed by atoms with van der Waals surface area (Å²) in [4.78, 5) is 14.0. The molecule has 116 valence electrons. The summed E-state index contributed by atoms with van der Waals surface area (Å²) in [5.74, 6) is 0.424. The van der Waals surface area contributed by atoms with Crippen LogP contribution < -0.4 is 5.32 Å². The Morgan fingerprint density at radius 3 is 2.86 bits per heavy atom. The molecule has 0 radical (unpaired) electrons. The zero-order valence-electron chi connectivity index (χ0n) is 12.5. The van der Waals surface area contributed by atoms with Gasteiger partial charge in [-0.25, -0.2) is 4.79 Å². The largest absolute Gasteiger partial charge is 0.445 e. The van der Waals surface area contributed by atoms with Crippen LogP contribution in [0.5, 0.6) is 0 Å². The van der Waals surface area contributed by atoms with Crippen molar-refractivity contribution in [3.8, 4) is 0 Å². The molecule has 0 bridgehead atoms. The summed E-state index contributed by atoms with van der Waals surface area (Å²) in [6.07, 6.45) is 1.30. The Labute approximate surface area is 125 Å². The van der Waals surface area contributed by atoms with Crippen molar-refractivity contribution >= 4 is 6.09 Å². The maximum atomic E-state index is 11.9. The molecule has 0 spiro atoms. The molecule has 2 unspecified atom stereocenters. The lowest BCUT2D eigenvalue weighted by atomic mass is 9.92. The van der Waals surface area contributed by atoms with Gasteiger partial charge >= 0.3 is 6.09 Å². The molecule has 5 heteroatoms. The Bertz CT molecular complexity index is 438. The number of rotatable bonds is 5. The van der Waals surface area contributed by atoms with Crippen LogP contribution in [0.3, 0.4) is 0 Å². The minimum absolute atomic E-state index is 0.0866. The molecule has 1 aliphatic rings. The highest BCUT2D eigenvalue weighted by Crippen LogP contribution is 2.18. The Hall–Kier alpha value is -1.59. The first kappa shape index (κ1) is 15.8. The van der Waals surface area contributed by atoms with Gasteiger partial charge in [0, 0.05) is 25.7 Å². The second kappa shape index (κ2) is 8.00. The van der Waals surface area contributed by atoms with Gasteiger partial charge in [0.05, 0.1) is 0 Å². The summed E-state index contributed by atoms with van der Waals surface area (Å²) in [5, 5.41) is 12.0. The number of nitrogens with zero attached hydrogens (tertiary/aromatic N) is 1. The lowest BCUT2D eigenvalue weighted by Gasteiger charge is -2.35. The van der Waals surface area contributed by atoms with Gasteiger partial charge < -0.3 is 20.1 Å². The average Bonchev–Trinajstić information content (AvgIpc) is 2.46. The lowest BCUT2D eigenvalue weighted by Crippen LogP contribution is -2.49. The van der Waals surface area contributed by atoms with Crippen molar-refractivity contribution < 1.29 is 14.6 Å². The smallest absolute Gasteiger partial charge is 0.407 e. The highest BCUT2D eigenvalue weighted by atomic mass is 16.5. The van der Waals surface area contributed by atoms with E-state index in [4.69, 9.17) is 9.84 Å². The van der Waals surface area contributed by atoms with Crippen LogP contribution in [0, 0.1) is 5.92 Å². The third kappa shape index (κ3) is 5.36. The number of carbonyl (C=O) groups is 1. The van der Waals surface area contributed by atoms with Gasteiger partial charge in [-0.2, -0.15) is 0 Å². The second-order valence-corrected chi connectivity index (χ2v) is 5.74. The van der Waals surface area contributed by atoms with Crippen LogP contribution in [0.15, 0.2) is 30.3 Å². The van der Waals surface area contributed by atoms with Crippen molar-refractivity contribution in [2.24, 2.45) is 5.92 Å². The van der Waals surface area contributed by atoms with Crippen molar-refractivity contribution in [2.45, 2.75) is 25.5 Å². The number of hydrogen-bond donors (Lipinski definition) is 2. The number of likely N-dealkylation sites (N-methyl/N-ethyl adjacent to an activating group) is 1. The monoisotopic (exact) mass is 292 g/mol. The maximum Gasteiger partial charge on any atom is 0.407 e. The predicted molar refractivity (Wildman–Crippen MR) is 80.9 cm³/mol. The summed E-state index contributed by atoms with van der Waals surface area (Å²) >= 11 is 0. The number of aliphatic hydroxyl groups excluding tert-OH is 1. The number of amides is 1. The molecular weight excluding hydrogens is 268 g/mol. The normalized spacial score (nSPS) is 22.8. The van der Waals surface area contributed by atoms with E-state index in [1.807, 2.05) is 37.4 Å². The van der Waals surface area contributed by atoms with E-state index >= 15 is 0 Å². The second-order valence-electron chi connectivity index (χ2n) is 5.74. The number of hydrogen-bond acceptors (Lipinski definition) is 4. The van der Waals surface area contributed by atoms with E-state index in [0.717, 1.165) is 31.5 Å². The molecule has 2 N–H and O–H groups in total. The molecule has 1 aliphatic heterocycles. The number of aliphatic hydroxyl groups is 1. The quantitative estimate of drug-likeness (QED) is 0.865. The van der Waals surface area contributed by atoms with Gasteiger partial charge in [-0.05, 0) is 31.4 Å². The fourth-order valence-corrected chi connectivity index (χ4v) is 2.87. The molecule has 1 amide bonds. The molecule has 5 nitrogen and oxygen atoms in total. The Balaban J connectivity index is 1.76. The molecule has 2 atom stereocenters. The molecule has 2 rings (SSSR count). The van der Waals surface area contributed by atoms with Crippen molar-refractivity contribution in [3.05, 3.63) is 35.9 Å². The van der Waals surface area contributed by atoms with E-state index in [0.29, 0.717) is 5.92 Å². The van der Waals surface area contributed by atoms with Crippen LogP contribution in [0.2, 0.25) is 0 Å². The average molecular weight is 292 g/mol. The molecule has 1 heterocycles. The molecule has 0 aliphatic carbocycles. The Kier molecular flexibility index (Phi) is 6.02. The van der Waals surface area contributed by atoms with Crippen LogP contribution in [-0.2, 0) is 11.3 Å². The molecule has 1 saturated heterocycles. The fraction of sp³-hybridized carbons (Fsp3) is 0.562. The van der Waals surface area contributed by atoms with Crippen LogP contribution >= 0.6 is 0 Å². The summed E-state index contributed by atoms with van der Waals surface area (Å²) in [7, 11) is 2.04. The zero-order chi connectivity index (χ0) is 15.1. The Morgan fingerprint density at radius 1 is 1.38 bits per heavy atom. The first-order chi connectivity index (χ1) is 10.2. The minimum Gasteiger partial charge on any atom is -0.445 e. The molecule has 0 aromatic heterocycles. The van der Waals surface area contributed by atoms with Gasteiger partial charge in [0.1, 0.15) is 6.61 Å². The first-order valence-electron chi connectivity index (χ1n) is 7.44. The molecular formula is C16H24N2O3. The molecule has 1 aromatic carbocycles. The summed E-state index contributed by atoms with van der Waals surface area (Å²) in [6.45, 7) is 2.28. The van der Waals surface area contributed by atoms with Crippen molar-refractivity contribution in [2.75, 3.05) is 26.7 Å². The number of likely N-dealkylation sites (tertiary alicyclic amines) is 1. The fourth-order valence-electron chi connectivity index (χ4n) is 2.87. The highest BCUT2D eigenvalue weighted by Gasteiger charge is 2.26. The predicted octanol–water partition coefficient (Wildman–Crippen LogP) is 1.62. The minimum atomic E-state index is -0.373. The van der Waals surface area contributed by atoms with E-state index < -0.39 is 0 Å². The lowest BCUT2D eigenvalue weighted by molar-refractivity contribution is 0.112. The van der Waals surface area contributed by atoms with Gasteiger partial charge in [-0.15, -0.1) is 0 Å². The van der Waals surface area contributed by atoms with Gasteiger partial charge in [0.2, 0.25) is 0 Å². The van der Waals surface area contributed by atoms with Crippen molar-refractivity contribution in [3.63, 3.8) is 0 Å². The topological polar surface area (TPSA) is 61.8 Å². The number of piperidine rings is 1. The summed E-state index contributed by atoms with van der Waals surface area (Å²) < 4.78 is 5.24. The molecule has 21 heavy (non-hydrogen) atoms. The number of benzene rings is 1. The van der Waals surface area contributed by atoms with E-state index in [-0.39, 0.29) is 25.3 Å². The van der Waals surface area contributed by atoms with Crippen LogP contribution in [0.1, 0.15) is 18.4 Å². The van der Waals surface area contributed by atoms with Gasteiger partial charge in [0.25, 0.3) is 0 Å². The third-order valence-corrected chi connectivity index (χ3v) is 3.79. The van der Waals surface area contributed by atoms with Crippen molar-refractivity contribution in [1.82, 2.24) is 10.2 Å². The van der Waals surface area contributed by atoms with E-state index in [2.05, 4.69) is 10.2 Å². The van der Waals surface area contributed by atoms with E-state index in [1.54, 1.807) is 0 Å². The number of alkyl carbamates (subject to hydrolysis) is 1. The van der Waals surface area contributed by atoms with E-state index in [1.165, 1.54) is 0 Å². The Morgan fingerprint density at radius 2 is 2.14 bits per heavy atom. The van der Waals surface area contributed by atoms with E-state index in [9.17, 15) is 4.79 Å². The standard InChI is InChI=1S/C16H24N2O3/c1-18-10-14(7-8-19)9-15(11-18)17-16(20)21-12-13-5-3-2-4-6-13/h2-6,14-15,19H,7-12H2,1H3,(H,17,20). The third-order valence-electron chi connectivity index (χ3n) is 3.79. The number of nitrogens with one attached hydrogen (secondary N) is 1. The van der Waals surface area contributed by atoms with Gasteiger partial charge in [-0.3, -0.25) is 0 Å². The number of ether oxygens (including phenoxy) is 1. The van der Waals surface area contributed by atoms with Crippen molar-refractivity contribution in [1.29, 1.82) is 0 Å². The first-order valence-corrected chi connectivity index (χ1v) is 7.44. The van der Waals surface area contributed by atoms with Crippen LogP contribution in [-0.4, -0.2) is 48.9 Å². The maximum absolute atomic E-state index is 11.9. The summed E-state index contributed by atoms with van der Waals surface area (Å²) in [5.41, 5.74) is 0.978. The highest BCUT2D eigenvalue weighted by molar-refractivity contribution is 5.67. The molecule has 1 aromatic rings. The van der Waals surface area contributed by atoms with Crippen LogP contribution in [0.4, 0.5) is 4.79 Å². The van der Waals surface area contributed by atoms with Gasteiger partial charge in [0.15, 0.2) is 0 Å². The van der Waals surface area contributed by atoms with Crippen LogP contribution in [0.25, 0.3) is 0 Å². The SMILES string of the molecule is CN1CC(CCO)CC(NC(=O)OCc2ccccc2)C1. The number of carbonyl (C=O) groups excluding carboxylic acids is 1. The van der Waals surface area contributed by atoms with Gasteiger partial charge in [-0.1, -0.05) is 30.3 Å². The summed E-state index contributed by atoms with van der Waals surface area (Å²) in [6, 6.07) is 9.72. The molecule has 0 saturated carbocycles. The zero-order valence-corrected chi connectivity index (χ0v) is 12.5. The molecule has 1 fully saturated rings.